The van der Waals surface area contributed by atoms with Gasteiger partial charge in [0.15, 0.2) is 0 Å². The van der Waals surface area contributed by atoms with Crippen molar-refractivity contribution in [2.24, 2.45) is 0 Å². The first-order valence-electron chi connectivity index (χ1n) is 7.55. The maximum Gasteiger partial charge on any atom is 0.00324 e. The summed E-state index contributed by atoms with van der Waals surface area (Å²) in [5.74, 6) is 0.509. The lowest BCUT2D eigenvalue weighted by atomic mass is 9.88. The monoisotopic (exact) mass is 270 g/mol. The molecule has 0 N–H and O–H groups in total. The van der Waals surface area contributed by atoms with Crippen LogP contribution in [0.25, 0.3) is 28.0 Å². The van der Waals surface area contributed by atoms with Crippen molar-refractivity contribution < 1.29 is 0 Å². The Hall–Kier alpha value is -2.34. The van der Waals surface area contributed by atoms with E-state index in [1.807, 2.05) is 0 Å². The maximum atomic E-state index is 2.33. The standard InChI is InChI=1S/C21H18/c1-14-13-17-9-6-12-20(21(17)15(14)2)19-11-5-8-16-7-3-4-10-18(16)19/h3-13,15H,1-2H3. The summed E-state index contributed by atoms with van der Waals surface area (Å²) >= 11 is 0. The highest BCUT2D eigenvalue weighted by molar-refractivity contribution is 5.98. The highest BCUT2D eigenvalue weighted by Gasteiger charge is 2.22. The molecule has 0 amide bonds. The second kappa shape index (κ2) is 4.60. The zero-order chi connectivity index (χ0) is 14.4. The number of hydrogen-bond acceptors (Lipinski definition) is 0. The number of fused-ring (bicyclic) bond motifs is 2. The number of hydrogen-bond donors (Lipinski definition) is 0. The Kier molecular flexibility index (Phi) is 2.71. The largest absolute Gasteiger partial charge is 0.0655 e. The predicted octanol–water partition coefficient (Wildman–Crippen LogP) is 6.03. The van der Waals surface area contributed by atoms with Gasteiger partial charge in [0.25, 0.3) is 0 Å². The summed E-state index contributed by atoms with van der Waals surface area (Å²) in [5.41, 5.74) is 7.04. The van der Waals surface area contributed by atoms with E-state index >= 15 is 0 Å². The molecule has 102 valence electrons. The molecule has 1 atom stereocenters. The molecule has 0 radical (unpaired) electrons. The fourth-order valence-corrected chi connectivity index (χ4v) is 3.49. The number of allylic oxidation sites excluding steroid dienone is 1. The summed E-state index contributed by atoms with van der Waals surface area (Å²) in [4.78, 5) is 0. The zero-order valence-corrected chi connectivity index (χ0v) is 12.4. The third-order valence-electron chi connectivity index (χ3n) is 4.72. The van der Waals surface area contributed by atoms with Crippen LogP contribution in [-0.4, -0.2) is 0 Å². The van der Waals surface area contributed by atoms with E-state index in [2.05, 4.69) is 80.6 Å². The van der Waals surface area contributed by atoms with Gasteiger partial charge in [-0.1, -0.05) is 79.2 Å². The van der Waals surface area contributed by atoms with Gasteiger partial charge in [-0.25, -0.2) is 0 Å². The average Bonchev–Trinajstić information content (AvgIpc) is 2.82. The van der Waals surface area contributed by atoms with Crippen LogP contribution in [-0.2, 0) is 0 Å². The van der Waals surface area contributed by atoms with Crippen LogP contribution in [0, 0.1) is 0 Å². The van der Waals surface area contributed by atoms with Gasteiger partial charge >= 0.3 is 0 Å². The Morgan fingerprint density at radius 2 is 1.48 bits per heavy atom. The molecular formula is C21H18. The van der Waals surface area contributed by atoms with E-state index in [-0.39, 0.29) is 0 Å². The second-order valence-corrected chi connectivity index (χ2v) is 5.95. The molecule has 4 rings (SSSR count). The van der Waals surface area contributed by atoms with Crippen LogP contribution in [0.3, 0.4) is 0 Å². The summed E-state index contributed by atoms with van der Waals surface area (Å²) in [6.07, 6.45) is 2.33. The zero-order valence-electron chi connectivity index (χ0n) is 12.4. The highest BCUT2D eigenvalue weighted by Crippen LogP contribution is 2.43. The van der Waals surface area contributed by atoms with Gasteiger partial charge < -0.3 is 0 Å². The van der Waals surface area contributed by atoms with E-state index in [1.165, 1.54) is 38.6 Å². The van der Waals surface area contributed by atoms with Gasteiger partial charge in [0.2, 0.25) is 0 Å². The molecule has 0 bridgehead atoms. The van der Waals surface area contributed by atoms with Crippen molar-refractivity contribution >= 4 is 16.8 Å². The van der Waals surface area contributed by atoms with Crippen LogP contribution in [0.4, 0.5) is 0 Å². The van der Waals surface area contributed by atoms with Crippen LogP contribution in [0.1, 0.15) is 30.9 Å². The summed E-state index contributed by atoms with van der Waals surface area (Å²) < 4.78 is 0. The third kappa shape index (κ3) is 1.83. The molecule has 0 heterocycles. The maximum absolute atomic E-state index is 2.33. The fourth-order valence-electron chi connectivity index (χ4n) is 3.49. The van der Waals surface area contributed by atoms with Crippen molar-refractivity contribution in [3.05, 3.63) is 77.4 Å². The van der Waals surface area contributed by atoms with Crippen LogP contribution < -0.4 is 0 Å². The summed E-state index contributed by atoms with van der Waals surface area (Å²) in [7, 11) is 0. The van der Waals surface area contributed by atoms with Gasteiger partial charge in [-0.3, -0.25) is 0 Å². The third-order valence-corrected chi connectivity index (χ3v) is 4.72. The molecule has 0 saturated carbocycles. The molecule has 1 aliphatic rings. The predicted molar refractivity (Wildman–Crippen MR) is 91.5 cm³/mol. The second-order valence-electron chi connectivity index (χ2n) is 5.95. The Bertz CT molecular complexity index is 863. The Morgan fingerprint density at radius 1 is 0.762 bits per heavy atom. The van der Waals surface area contributed by atoms with Gasteiger partial charge in [0.1, 0.15) is 0 Å². The van der Waals surface area contributed by atoms with Crippen LogP contribution in [0.5, 0.6) is 0 Å². The van der Waals surface area contributed by atoms with Gasteiger partial charge in [-0.05, 0) is 39.9 Å². The fraction of sp³-hybridized carbons (Fsp3) is 0.143. The van der Waals surface area contributed by atoms with Crippen molar-refractivity contribution in [2.75, 3.05) is 0 Å². The van der Waals surface area contributed by atoms with Gasteiger partial charge in [-0.15, -0.1) is 0 Å². The molecule has 3 aromatic rings. The van der Waals surface area contributed by atoms with Gasteiger partial charge in [0, 0.05) is 5.92 Å². The SMILES string of the molecule is CC1=Cc2cccc(-c3cccc4ccccc34)c2C1C. The van der Waals surface area contributed by atoms with Crippen molar-refractivity contribution in [2.45, 2.75) is 19.8 Å². The van der Waals surface area contributed by atoms with Crippen molar-refractivity contribution in [1.29, 1.82) is 0 Å². The van der Waals surface area contributed by atoms with Crippen LogP contribution in [0.2, 0.25) is 0 Å². The minimum atomic E-state index is 0.509. The highest BCUT2D eigenvalue weighted by atomic mass is 14.3. The average molecular weight is 270 g/mol. The Morgan fingerprint density at radius 3 is 2.38 bits per heavy atom. The topological polar surface area (TPSA) is 0 Å². The van der Waals surface area contributed by atoms with E-state index in [4.69, 9.17) is 0 Å². The Balaban J connectivity index is 2.03. The van der Waals surface area contributed by atoms with E-state index in [0.29, 0.717) is 5.92 Å². The van der Waals surface area contributed by atoms with Gasteiger partial charge in [-0.2, -0.15) is 0 Å². The van der Waals surface area contributed by atoms with Crippen molar-refractivity contribution in [1.82, 2.24) is 0 Å². The molecule has 3 aromatic carbocycles. The molecular weight excluding hydrogens is 252 g/mol. The van der Waals surface area contributed by atoms with E-state index < -0.39 is 0 Å². The number of rotatable bonds is 1. The van der Waals surface area contributed by atoms with E-state index in [9.17, 15) is 0 Å². The lowest BCUT2D eigenvalue weighted by Gasteiger charge is -2.16. The first-order valence-corrected chi connectivity index (χ1v) is 7.55. The minimum absolute atomic E-state index is 0.509. The van der Waals surface area contributed by atoms with E-state index in [0.717, 1.165) is 0 Å². The molecule has 0 nitrogen and oxygen atoms in total. The smallest absolute Gasteiger partial charge is 0.00324 e. The molecule has 0 saturated heterocycles. The first-order chi connectivity index (χ1) is 10.3. The molecule has 0 aromatic heterocycles. The van der Waals surface area contributed by atoms with Crippen molar-refractivity contribution in [3.63, 3.8) is 0 Å². The molecule has 0 aliphatic heterocycles. The number of benzene rings is 3. The normalized spacial score (nSPS) is 16.9. The molecule has 1 unspecified atom stereocenters. The summed E-state index contributed by atoms with van der Waals surface area (Å²) in [6.45, 7) is 4.55. The molecule has 21 heavy (non-hydrogen) atoms. The molecule has 1 aliphatic carbocycles. The first kappa shape index (κ1) is 12.4. The van der Waals surface area contributed by atoms with Crippen LogP contribution in [0.15, 0.2) is 66.2 Å². The molecule has 0 spiro atoms. The van der Waals surface area contributed by atoms with E-state index in [1.54, 1.807) is 0 Å². The lowest BCUT2D eigenvalue weighted by molar-refractivity contribution is 0.924. The van der Waals surface area contributed by atoms with Gasteiger partial charge in [0.05, 0.1) is 0 Å². The van der Waals surface area contributed by atoms with Crippen molar-refractivity contribution in [3.8, 4) is 11.1 Å². The van der Waals surface area contributed by atoms with Crippen LogP contribution >= 0.6 is 0 Å². The lowest BCUT2D eigenvalue weighted by Crippen LogP contribution is -1.95. The molecule has 0 fully saturated rings. The Labute approximate surface area is 125 Å². The summed E-state index contributed by atoms with van der Waals surface area (Å²) in [5, 5.41) is 2.65. The minimum Gasteiger partial charge on any atom is -0.0655 e. The quantitative estimate of drug-likeness (QED) is 0.506. The molecule has 0 heteroatoms. The summed E-state index contributed by atoms with van der Waals surface area (Å²) in [6, 6.07) is 21.9.